The predicted octanol–water partition coefficient (Wildman–Crippen LogP) is 12.3. The molecular weight excluding hydrogens is 803 g/mol. The van der Waals surface area contributed by atoms with Crippen LogP contribution in [0.5, 0.6) is 0 Å². The molecule has 9 nitrogen and oxygen atoms in total. The fourth-order valence-electron chi connectivity index (χ4n) is 8.19. The van der Waals surface area contributed by atoms with E-state index in [1.807, 2.05) is 0 Å². The van der Waals surface area contributed by atoms with Gasteiger partial charge in [-0.2, -0.15) is 0 Å². The Hall–Kier alpha value is -2.11. The van der Waals surface area contributed by atoms with E-state index in [4.69, 9.17) is 9.47 Å². The predicted molar refractivity (Wildman–Crippen MR) is 267 cm³/mol. The first-order valence-electron chi connectivity index (χ1n) is 26.5. The SMILES string of the molecule is CC/C=C\C/C=C\C/C=C\C/C=C\C/C=C\CCCCCC(=O)NC(COC1OC(CO)C(O)C(O)C1O)C(O)CCCCCCCCCCCCCCCCCCCCCCCC. The van der Waals surface area contributed by atoms with Crippen LogP contribution in [0.15, 0.2) is 60.8 Å². The summed E-state index contributed by atoms with van der Waals surface area (Å²) in [6, 6.07) is -0.740. The molecule has 1 aliphatic rings. The minimum absolute atomic E-state index is 0.154. The molecule has 0 radical (unpaired) electrons. The molecule has 6 N–H and O–H groups in total. The van der Waals surface area contributed by atoms with E-state index in [0.29, 0.717) is 12.8 Å². The first-order chi connectivity index (χ1) is 31.3. The van der Waals surface area contributed by atoms with Gasteiger partial charge in [0.1, 0.15) is 24.4 Å². The van der Waals surface area contributed by atoms with Gasteiger partial charge in [-0.25, -0.2) is 0 Å². The number of rotatable bonds is 44. The summed E-state index contributed by atoms with van der Waals surface area (Å²) in [5.74, 6) is -0.176. The van der Waals surface area contributed by atoms with Gasteiger partial charge in [0.2, 0.25) is 5.91 Å². The summed E-state index contributed by atoms with van der Waals surface area (Å²) in [4.78, 5) is 13.0. The number of allylic oxidation sites excluding steroid dienone is 10. The van der Waals surface area contributed by atoms with Crippen LogP contribution < -0.4 is 5.32 Å². The number of carbonyl (C=O) groups excluding carboxylic acids is 1. The number of unbranched alkanes of at least 4 members (excludes halogenated alkanes) is 24. The summed E-state index contributed by atoms with van der Waals surface area (Å²) in [6.07, 6.45) is 52.3. The van der Waals surface area contributed by atoms with Gasteiger partial charge in [-0.05, 0) is 57.8 Å². The van der Waals surface area contributed by atoms with Gasteiger partial charge in [0.15, 0.2) is 6.29 Å². The Morgan fingerprint density at radius 2 is 0.969 bits per heavy atom. The molecule has 7 unspecified atom stereocenters. The van der Waals surface area contributed by atoms with Crippen molar-refractivity contribution in [3.05, 3.63) is 60.8 Å². The van der Waals surface area contributed by atoms with Crippen LogP contribution in [-0.4, -0.2) is 87.5 Å². The highest BCUT2D eigenvalue weighted by atomic mass is 16.7. The monoisotopic (exact) mass is 902 g/mol. The van der Waals surface area contributed by atoms with E-state index in [2.05, 4.69) is 79.9 Å². The molecule has 0 bridgehead atoms. The fraction of sp³-hybridized carbons (Fsp3) is 0.800. The molecule has 64 heavy (non-hydrogen) atoms. The summed E-state index contributed by atoms with van der Waals surface area (Å²) in [7, 11) is 0. The maximum atomic E-state index is 13.0. The Bertz CT molecular complexity index is 1180. The summed E-state index contributed by atoms with van der Waals surface area (Å²) in [6.45, 7) is 3.71. The third-order valence-electron chi connectivity index (χ3n) is 12.4. The Balaban J connectivity index is 2.28. The van der Waals surface area contributed by atoms with Crippen LogP contribution in [0.1, 0.15) is 226 Å². The number of amides is 1. The molecule has 0 saturated carbocycles. The second-order valence-electron chi connectivity index (χ2n) is 18.3. The number of aliphatic hydroxyl groups is 5. The van der Waals surface area contributed by atoms with E-state index in [0.717, 1.165) is 77.0 Å². The molecule has 0 aromatic carbocycles. The Kier molecular flexibility index (Phi) is 41.9. The number of ether oxygens (including phenoxy) is 2. The van der Waals surface area contributed by atoms with Gasteiger partial charge < -0.3 is 40.3 Å². The normalized spacial score (nSPS) is 20.5. The van der Waals surface area contributed by atoms with Crippen LogP contribution in [-0.2, 0) is 14.3 Å². The summed E-state index contributed by atoms with van der Waals surface area (Å²) in [5.41, 5.74) is 0. The molecular formula is C55H99NO8. The molecule has 372 valence electrons. The van der Waals surface area contributed by atoms with Gasteiger partial charge in [-0.3, -0.25) is 4.79 Å². The number of hydrogen-bond acceptors (Lipinski definition) is 8. The average Bonchev–Trinajstić information content (AvgIpc) is 3.29. The van der Waals surface area contributed by atoms with Gasteiger partial charge >= 0.3 is 0 Å². The molecule has 7 atom stereocenters. The molecule has 0 aliphatic carbocycles. The minimum atomic E-state index is -1.56. The zero-order valence-corrected chi connectivity index (χ0v) is 41.0. The van der Waals surface area contributed by atoms with Gasteiger partial charge in [0.05, 0.1) is 25.4 Å². The molecule has 0 aromatic rings. The van der Waals surface area contributed by atoms with Gasteiger partial charge in [-0.15, -0.1) is 0 Å². The summed E-state index contributed by atoms with van der Waals surface area (Å²) < 4.78 is 11.3. The maximum Gasteiger partial charge on any atom is 0.220 e. The highest BCUT2D eigenvalue weighted by Gasteiger charge is 2.44. The van der Waals surface area contributed by atoms with Crippen molar-refractivity contribution in [2.45, 2.75) is 269 Å². The van der Waals surface area contributed by atoms with Crippen molar-refractivity contribution >= 4 is 5.91 Å². The topological polar surface area (TPSA) is 149 Å². The minimum Gasteiger partial charge on any atom is -0.394 e. The van der Waals surface area contributed by atoms with Crippen molar-refractivity contribution in [1.82, 2.24) is 5.32 Å². The fourth-order valence-corrected chi connectivity index (χ4v) is 8.19. The van der Waals surface area contributed by atoms with E-state index >= 15 is 0 Å². The van der Waals surface area contributed by atoms with Crippen molar-refractivity contribution in [1.29, 1.82) is 0 Å². The molecule has 9 heteroatoms. The summed E-state index contributed by atoms with van der Waals surface area (Å²) in [5, 5.41) is 54.6. The van der Waals surface area contributed by atoms with Gasteiger partial charge in [0, 0.05) is 6.42 Å². The lowest BCUT2D eigenvalue weighted by Gasteiger charge is -2.40. The Morgan fingerprint density at radius 3 is 1.42 bits per heavy atom. The quantitative estimate of drug-likeness (QED) is 0.0262. The molecule has 1 saturated heterocycles. The Morgan fingerprint density at radius 1 is 0.547 bits per heavy atom. The largest absolute Gasteiger partial charge is 0.394 e. The first-order valence-corrected chi connectivity index (χ1v) is 26.5. The third-order valence-corrected chi connectivity index (χ3v) is 12.4. The maximum absolute atomic E-state index is 13.0. The number of nitrogens with one attached hydrogen (secondary N) is 1. The molecule has 1 aliphatic heterocycles. The molecule has 1 fully saturated rings. The lowest BCUT2D eigenvalue weighted by atomic mass is 9.99. The number of aliphatic hydroxyl groups excluding tert-OH is 5. The van der Waals surface area contributed by atoms with Crippen molar-refractivity contribution in [3.63, 3.8) is 0 Å². The highest BCUT2D eigenvalue weighted by Crippen LogP contribution is 2.23. The third kappa shape index (κ3) is 34.2. The smallest absolute Gasteiger partial charge is 0.220 e. The van der Waals surface area contributed by atoms with Crippen LogP contribution in [0, 0.1) is 0 Å². The second kappa shape index (κ2) is 44.7. The van der Waals surface area contributed by atoms with Crippen LogP contribution in [0.2, 0.25) is 0 Å². The van der Waals surface area contributed by atoms with Crippen LogP contribution in [0.4, 0.5) is 0 Å². The van der Waals surface area contributed by atoms with E-state index < -0.39 is 49.5 Å². The molecule has 1 heterocycles. The number of carbonyl (C=O) groups is 1. The highest BCUT2D eigenvalue weighted by molar-refractivity contribution is 5.76. The lowest BCUT2D eigenvalue weighted by Crippen LogP contribution is -2.60. The van der Waals surface area contributed by atoms with Crippen molar-refractivity contribution in [3.8, 4) is 0 Å². The van der Waals surface area contributed by atoms with Crippen molar-refractivity contribution in [2.75, 3.05) is 13.2 Å². The second-order valence-corrected chi connectivity index (χ2v) is 18.3. The van der Waals surface area contributed by atoms with E-state index in [9.17, 15) is 30.3 Å². The van der Waals surface area contributed by atoms with E-state index in [1.54, 1.807) is 0 Å². The van der Waals surface area contributed by atoms with Crippen LogP contribution >= 0.6 is 0 Å². The molecule has 1 amide bonds. The lowest BCUT2D eigenvalue weighted by molar-refractivity contribution is -0.302. The molecule has 0 aromatic heterocycles. The summed E-state index contributed by atoms with van der Waals surface area (Å²) >= 11 is 0. The molecule has 0 spiro atoms. The average molecular weight is 902 g/mol. The van der Waals surface area contributed by atoms with Gasteiger partial charge in [-0.1, -0.05) is 222 Å². The zero-order chi connectivity index (χ0) is 46.6. The van der Waals surface area contributed by atoms with Crippen molar-refractivity contribution in [2.24, 2.45) is 0 Å². The van der Waals surface area contributed by atoms with Crippen molar-refractivity contribution < 1.29 is 39.8 Å². The van der Waals surface area contributed by atoms with Crippen LogP contribution in [0.25, 0.3) is 0 Å². The number of hydrogen-bond donors (Lipinski definition) is 6. The standard InChI is InChI=1S/C55H99NO8/c1-3-5-7-9-11-13-15-17-19-21-23-24-25-27-28-30-32-34-36-38-40-42-44-49(58)48(47-63-55-54(62)53(61)52(60)50(46-57)64-55)56-51(59)45-43-41-39-37-35-33-31-29-26-22-20-18-16-14-12-10-8-6-4-2/h6,8,12,14,18,20,26,29,33,35,48-50,52-55,57-58,60-62H,3-5,7,9-11,13,15-17,19,21-25,27-28,30-32,34,36-47H2,1-2H3,(H,56,59)/b8-6-,14-12-,20-18-,29-26-,35-33-. The first kappa shape index (κ1) is 59.9. The van der Waals surface area contributed by atoms with Gasteiger partial charge in [0.25, 0.3) is 0 Å². The van der Waals surface area contributed by atoms with Crippen LogP contribution in [0.3, 0.4) is 0 Å². The Labute approximate surface area is 392 Å². The molecule has 1 rings (SSSR count). The van der Waals surface area contributed by atoms with E-state index in [-0.39, 0.29) is 12.5 Å². The zero-order valence-electron chi connectivity index (χ0n) is 41.0. The van der Waals surface area contributed by atoms with E-state index in [1.165, 1.54) is 122 Å².